The Morgan fingerprint density at radius 3 is 1.00 bits per heavy atom. The average molecular weight is 359 g/mol. The van der Waals surface area contributed by atoms with Gasteiger partial charge in [0.25, 0.3) is 0 Å². The van der Waals surface area contributed by atoms with Crippen molar-refractivity contribution in [1.82, 2.24) is 0 Å². The van der Waals surface area contributed by atoms with Crippen molar-refractivity contribution in [1.29, 1.82) is 0 Å². The molecule has 0 N–H and O–H groups in total. The Bertz CT molecular complexity index is 77.5. The zero-order chi connectivity index (χ0) is 13.4. The fourth-order valence-electron chi connectivity index (χ4n) is 0. The summed E-state index contributed by atoms with van der Waals surface area (Å²) >= 11 is 0. The summed E-state index contributed by atoms with van der Waals surface area (Å²) in [6.45, 7) is 21.6. The first-order valence-corrected chi connectivity index (χ1v) is 9.73. The van der Waals surface area contributed by atoms with Gasteiger partial charge in [0.2, 0.25) is 0 Å². The van der Waals surface area contributed by atoms with Gasteiger partial charge in [0.15, 0.2) is 0 Å². The minimum Gasteiger partial charge on any atom is -0.554 e. The fraction of sp³-hybridized carbons (Fsp3) is 0.636. The second-order valence-corrected chi connectivity index (χ2v) is 9.10. The summed E-state index contributed by atoms with van der Waals surface area (Å²) in [7, 11) is 0.759. The summed E-state index contributed by atoms with van der Waals surface area (Å²) in [6, 6.07) is 0. The zero-order valence-electron chi connectivity index (χ0n) is 11.5. The van der Waals surface area contributed by atoms with Crippen LogP contribution >= 0.6 is 15.8 Å². The molecule has 0 aliphatic rings. The molecule has 5 heteroatoms. The van der Waals surface area contributed by atoms with Crippen molar-refractivity contribution in [2.45, 2.75) is 6.92 Å². The summed E-state index contributed by atoms with van der Waals surface area (Å²) < 4.78 is 0. The standard InChI is InChI=1S/C4H7.2C3H9P.CH2O2.Pd/c3*1-4(2)3;2-1-3;/h1-2H2,3H3;2*1-3H3;1H,(H,2,3);/p-1. The van der Waals surface area contributed by atoms with Crippen molar-refractivity contribution in [3.63, 3.8) is 0 Å². The first-order chi connectivity index (χ1) is 6.61. The van der Waals surface area contributed by atoms with Gasteiger partial charge in [0.05, 0.1) is 0 Å². The van der Waals surface area contributed by atoms with Crippen LogP contribution in [-0.4, -0.2) is 46.5 Å². The smallest absolute Gasteiger partial charge is 0.0275 e. The molecule has 0 amide bonds. The molecular weight excluding hydrogens is 332 g/mol. The third kappa shape index (κ3) is 2980. The minimum absolute atomic E-state index is 0. The van der Waals surface area contributed by atoms with Gasteiger partial charge >= 0.3 is 0 Å². The Balaban J connectivity index is -0.0000000331. The van der Waals surface area contributed by atoms with E-state index >= 15 is 0 Å². The Labute approximate surface area is 119 Å². The van der Waals surface area contributed by atoms with Crippen LogP contribution < -0.4 is 5.11 Å². The normalized spacial score (nSPS) is 7.50. The largest absolute Gasteiger partial charge is 0.554 e. The second-order valence-electron chi connectivity index (χ2n) is 3.74. The molecule has 0 spiro atoms. The molecule has 0 unspecified atom stereocenters. The molecule has 0 atom stereocenters. The van der Waals surface area contributed by atoms with Crippen LogP contribution in [0.15, 0.2) is 0 Å². The van der Waals surface area contributed by atoms with Crippen LogP contribution in [0.5, 0.6) is 0 Å². The molecule has 0 aromatic carbocycles. The van der Waals surface area contributed by atoms with E-state index in [1.165, 1.54) is 0 Å². The number of rotatable bonds is 0. The quantitative estimate of drug-likeness (QED) is 0.379. The van der Waals surface area contributed by atoms with Crippen LogP contribution in [-0.2, 0) is 25.2 Å². The van der Waals surface area contributed by atoms with Crippen LogP contribution in [0.2, 0.25) is 0 Å². The van der Waals surface area contributed by atoms with E-state index < -0.39 is 6.47 Å². The molecule has 0 bridgehead atoms. The molecule has 0 saturated heterocycles. The molecule has 103 valence electrons. The van der Waals surface area contributed by atoms with Crippen molar-refractivity contribution in [3.8, 4) is 0 Å². The van der Waals surface area contributed by atoms with Gasteiger partial charge in [-0.25, -0.2) is 0 Å². The number of carboxylic acid groups (broad SMARTS) is 1. The number of carbonyl (C=O) groups excluding carboxylic acids is 1. The Kier molecular flexibility index (Phi) is 56.2. The topological polar surface area (TPSA) is 40.1 Å². The van der Waals surface area contributed by atoms with Gasteiger partial charge in [-0.2, -0.15) is 0 Å². The third-order valence-corrected chi connectivity index (χ3v) is 0. The molecule has 0 aliphatic carbocycles. The van der Waals surface area contributed by atoms with E-state index in [0.29, 0.717) is 15.8 Å². The molecule has 16 heavy (non-hydrogen) atoms. The van der Waals surface area contributed by atoms with Gasteiger partial charge in [0.1, 0.15) is 0 Å². The molecule has 3 radical (unpaired) electrons. The van der Waals surface area contributed by atoms with E-state index in [0.717, 1.165) is 5.92 Å². The van der Waals surface area contributed by atoms with Gasteiger partial charge in [-0.1, -0.05) is 6.92 Å². The number of hydrogen-bond donors (Lipinski definition) is 0. The van der Waals surface area contributed by atoms with Crippen molar-refractivity contribution >= 4 is 22.3 Å². The van der Waals surface area contributed by atoms with Gasteiger partial charge in [0, 0.05) is 26.9 Å². The third-order valence-electron chi connectivity index (χ3n) is 0. The summed E-state index contributed by atoms with van der Waals surface area (Å²) in [5.74, 6) is 0.917. The molecule has 0 saturated carbocycles. The summed E-state index contributed by atoms with van der Waals surface area (Å²) in [5.41, 5.74) is 0. The fourth-order valence-corrected chi connectivity index (χ4v) is 0. The molecule has 0 aromatic rings. The molecule has 0 aliphatic heterocycles. The first-order valence-electron chi connectivity index (χ1n) is 4.36. The van der Waals surface area contributed by atoms with Crippen LogP contribution in [0.25, 0.3) is 0 Å². The van der Waals surface area contributed by atoms with Gasteiger partial charge in [-0.3, -0.25) is 0 Å². The summed E-state index contributed by atoms with van der Waals surface area (Å²) in [6.07, 6.45) is 0. The first kappa shape index (κ1) is 30.2. The van der Waals surface area contributed by atoms with E-state index in [1.54, 1.807) is 0 Å². The molecule has 0 aromatic heterocycles. The number of carbonyl (C=O) groups is 1. The van der Waals surface area contributed by atoms with Crippen molar-refractivity contribution in [2.24, 2.45) is 0 Å². The van der Waals surface area contributed by atoms with Gasteiger partial charge < -0.3 is 9.90 Å². The maximum absolute atomic E-state index is 8.25. The van der Waals surface area contributed by atoms with Gasteiger partial charge in [-0.05, 0) is 59.8 Å². The van der Waals surface area contributed by atoms with Crippen molar-refractivity contribution in [3.05, 3.63) is 19.8 Å². The monoisotopic (exact) mass is 358 g/mol. The predicted molar refractivity (Wildman–Crippen MR) is 75.1 cm³/mol. The molecular formula is C11H26O2P2Pd-. The van der Waals surface area contributed by atoms with Gasteiger partial charge in [-0.15, -0.1) is 15.8 Å². The Morgan fingerprint density at radius 2 is 1.00 bits per heavy atom. The summed E-state index contributed by atoms with van der Waals surface area (Å²) in [4.78, 5) is 8.25. The van der Waals surface area contributed by atoms with Crippen LogP contribution in [0.1, 0.15) is 6.92 Å². The Morgan fingerprint density at radius 1 is 1.00 bits per heavy atom. The molecule has 0 rings (SSSR count). The molecule has 2 nitrogen and oxygen atoms in total. The van der Waals surface area contributed by atoms with E-state index in [9.17, 15) is 0 Å². The van der Waals surface area contributed by atoms with E-state index in [2.05, 4.69) is 53.8 Å². The number of hydrogen-bond acceptors (Lipinski definition) is 2. The molecule has 0 heterocycles. The summed E-state index contributed by atoms with van der Waals surface area (Å²) in [5, 5.41) is 8.25. The van der Waals surface area contributed by atoms with Crippen LogP contribution in [0.3, 0.4) is 0 Å². The second kappa shape index (κ2) is 29.7. The van der Waals surface area contributed by atoms with Crippen molar-refractivity contribution < 1.29 is 30.3 Å². The molecule has 0 fully saturated rings. The van der Waals surface area contributed by atoms with E-state index in [-0.39, 0.29) is 20.4 Å². The van der Waals surface area contributed by atoms with Crippen molar-refractivity contribution in [2.75, 3.05) is 40.0 Å². The maximum atomic E-state index is 8.25. The maximum Gasteiger partial charge on any atom is 0.0275 e. The predicted octanol–water partition coefficient (Wildman–Crippen LogP) is 2.33. The van der Waals surface area contributed by atoms with Crippen LogP contribution in [0, 0.1) is 19.8 Å². The minimum atomic E-state index is -0.500. The SMILES string of the molecule is CP(C)C.CP(C)C.O=C[O-].[CH2][C]([CH2])C.[Pd]. The average Bonchev–Trinajstić information content (AvgIpc) is 1.81. The zero-order valence-corrected chi connectivity index (χ0v) is 14.9. The van der Waals surface area contributed by atoms with E-state index in [4.69, 9.17) is 9.90 Å². The van der Waals surface area contributed by atoms with E-state index in [1.807, 2.05) is 6.92 Å². The Hall–Kier alpha value is 0.992. The van der Waals surface area contributed by atoms with Crippen LogP contribution in [0.4, 0.5) is 0 Å².